The summed E-state index contributed by atoms with van der Waals surface area (Å²) >= 11 is 6.04. The molecule has 7 nitrogen and oxygen atoms in total. The highest BCUT2D eigenvalue weighted by atomic mass is 35.5. The molecule has 0 aromatic heterocycles. The van der Waals surface area contributed by atoms with Crippen molar-refractivity contribution in [2.24, 2.45) is 5.10 Å². The van der Waals surface area contributed by atoms with Crippen LogP contribution in [-0.4, -0.2) is 31.8 Å². The molecule has 0 radical (unpaired) electrons. The van der Waals surface area contributed by atoms with E-state index in [9.17, 15) is 9.59 Å². The van der Waals surface area contributed by atoms with Gasteiger partial charge in [0.25, 0.3) is 5.91 Å². The molecule has 164 valence electrons. The third-order valence-electron chi connectivity index (χ3n) is 4.25. The first-order valence-electron chi connectivity index (χ1n) is 9.62. The van der Waals surface area contributed by atoms with Gasteiger partial charge < -0.3 is 14.2 Å². The number of esters is 1. The fourth-order valence-electron chi connectivity index (χ4n) is 2.70. The molecule has 0 saturated heterocycles. The predicted octanol–water partition coefficient (Wildman–Crippen LogP) is 4.41. The van der Waals surface area contributed by atoms with E-state index in [1.807, 2.05) is 25.1 Å². The first kappa shape index (κ1) is 22.8. The Morgan fingerprint density at radius 2 is 1.84 bits per heavy atom. The molecular formula is C24H21ClN2O5. The van der Waals surface area contributed by atoms with Crippen molar-refractivity contribution >= 4 is 29.7 Å². The summed E-state index contributed by atoms with van der Waals surface area (Å²) in [6, 6.07) is 18.8. The first-order chi connectivity index (χ1) is 15.5. The molecule has 0 aliphatic heterocycles. The molecule has 0 atom stereocenters. The maximum Gasteiger partial charge on any atom is 0.345 e. The zero-order chi connectivity index (χ0) is 22.9. The molecule has 0 aliphatic rings. The lowest BCUT2D eigenvalue weighted by Gasteiger charge is -2.10. The number of aryl methyl sites for hydroxylation is 1. The van der Waals surface area contributed by atoms with Gasteiger partial charge in [-0.05, 0) is 60.5 Å². The van der Waals surface area contributed by atoms with E-state index in [4.69, 9.17) is 25.8 Å². The average Bonchev–Trinajstić information content (AvgIpc) is 2.79. The van der Waals surface area contributed by atoms with Gasteiger partial charge in [0.15, 0.2) is 18.1 Å². The van der Waals surface area contributed by atoms with Gasteiger partial charge in [0.05, 0.1) is 23.9 Å². The van der Waals surface area contributed by atoms with E-state index < -0.39 is 11.9 Å². The number of benzene rings is 3. The van der Waals surface area contributed by atoms with Crippen molar-refractivity contribution in [1.82, 2.24) is 5.43 Å². The van der Waals surface area contributed by atoms with Gasteiger partial charge in [0.2, 0.25) is 0 Å². The van der Waals surface area contributed by atoms with Crippen molar-refractivity contribution < 1.29 is 23.8 Å². The lowest BCUT2D eigenvalue weighted by Crippen LogP contribution is -2.24. The number of halogens is 1. The van der Waals surface area contributed by atoms with Crippen LogP contribution in [0.2, 0.25) is 5.02 Å². The number of hydrogen-bond donors (Lipinski definition) is 1. The molecule has 3 aromatic rings. The van der Waals surface area contributed by atoms with Crippen LogP contribution in [0.4, 0.5) is 0 Å². The van der Waals surface area contributed by atoms with Crippen LogP contribution in [0, 0.1) is 6.92 Å². The molecule has 0 unspecified atom stereocenters. The highest BCUT2D eigenvalue weighted by Crippen LogP contribution is 2.29. The Bertz CT molecular complexity index is 1150. The standard InChI is InChI=1S/C24H21ClN2O5/c1-16-6-5-7-18(12-16)31-15-23(28)27-26-14-17-10-11-21(22(13-17)30-2)32-24(29)19-8-3-4-9-20(19)25/h3-14H,15H2,1-2H3,(H,27,28). The van der Waals surface area contributed by atoms with Gasteiger partial charge in [-0.3, -0.25) is 4.79 Å². The average molecular weight is 453 g/mol. The summed E-state index contributed by atoms with van der Waals surface area (Å²) in [7, 11) is 1.45. The molecule has 0 spiro atoms. The zero-order valence-electron chi connectivity index (χ0n) is 17.5. The van der Waals surface area contributed by atoms with Crippen LogP contribution in [0.1, 0.15) is 21.5 Å². The van der Waals surface area contributed by atoms with Gasteiger partial charge in [-0.2, -0.15) is 5.10 Å². The maximum absolute atomic E-state index is 12.4. The molecule has 1 amide bonds. The molecule has 3 aromatic carbocycles. The summed E-state index contributed by atoms with van der Waals surface area (Å²) in [5, 5.41) is 4.21. The van der Waals surface area contributed by atoms with Crippen molar-refractivity contribution in [3.05, 3.63) is 88.4 Å². The number of carbonyl (C=O) groups excluding carboxylic acids is 2. The van der Waals surface area contributed by atoms with E-state index in [1.165, 1.54) is 13.3 Å². The summed E-state index contributed by atoms with van der Waals surface area (Å²) in [5.74, 6) is 0.153. The second-order valence-electron chi connectivity index (χ2n) is 6.68. The highest BCUT2D eigenvalue weighted by Gasteiger charge is 2.15. The second kappa shape index (κ2) is 11.0. The van der Waals surface area contributed by atoms with Crippen LogP contribution in [0.15, 0.2) is 71.8 Å². The van der Waals surface area contributed by atoms with Gasteiger partial charge in [0.1, 0.15) is 5.75 Å². The van der Waals surface area contributed by atoms with Crippen molar-refractivity contribution in [2.45, 2.75) is 6.92 Å². The second-order valence-corrected chi connectivity index (χ2v) is 7.09. The molecule has 1 N–H and O–H groups in total. The van der Waals surface area contributed by atoms with E-state index >= 15 is 0 Å². The van der Waals surface area contributed by atoms with Crippen molar-refractivity contribution in [3.8, 4) is 17.2 Å². The molecule has 0 aliphatic carbocycles. The van der Waals surface area contributed by atoms with Gasteiger partial charge in [0, 0.05) is 0 Å². The minimum atomic E-state index is -0.601. The molecule has 32 heavy (non-hydrogen) atoms. The Kier molecular flexibility index (Phi) is 7.83. The van der Waals surface area contributed by atoms with E-state index in [-0.39, 0.29) is 17.9 Å². The quantitative estimate of drug-likeness (QED) is 0.237. The highest BCUT2D eigenvalue weighted by molar-refractivity contribution is 6.33. The van der Waals surface area contributed by atoms with Gasteiger partial charge in [-0.1, -0.05) is 35.9 Å². The Hall–Kier alpha value is -3.84. The number of rotatable bonds is 8. The molecular weight excluding hydrogens is 432 g/mol. The van der Waals surface area contributed by atoms with Crippen LogP contribution < -0.4 is 19.6 Å². The normalized spacial score (nSPS) is 10.6. The number of ether oxygens (including phenoxy) is 3. The van der Waals surface area contributed by atoms with Crippen molar-refractivity contribution in [2.75, 3.05) is 13.7 Å². The molecule has 0 bridgehead atoms. The van der Waals surface area contributed by atoms with Crippen LogP contribution in [0.3, 0.4) is 0 Å². The predicted molar refractivity (Wildman–Crippen MR) is 122 cm³/mol. The van der Waals surface area contributed by atoms with Gasteiger partial charge in [-0.15, -0.1) is 0 Å². The fourth-order valence-corrected chi connectivity index (χ4v) is 2.91. The topological polar surface area (TPSA) is 86.2 Å². The van der Waals surface area contributed by atoms with Crippen LogP contribution in [0.25, 0.3) is 0 Å². The number of amides is 1. The van der Waals surface area contributed by atoms with E-state index in [0.29, 0.717) is 22.1 Å². The fraction of sp³-hybridized carbons (Fsp3) is 0.125. The third-order valence-corrected chi connectivity index (χ3v) is 4.58. The number of hydrogen-bond acceptors (Lipinski definition) is 6. The van der Waals surface area contributed by atoms with Gasteiger partial charge >= 0.3 is 5.97 Å². The summed E-state index contributed by atoms with van der Waals surface area (Å²) in [6.07, 6.45) is 1.44. The van der Waals surface area contributed by atoms with E-state index in [0.717, 1.165) is 5.56 Å². The molecule has 0 heterocycles. The smallest absolute Gasteiger partial charge is 0.345 e. The Morgan fingerprint density at radius 1 is 1.03 bits per heavy atom. The minimum Gasteiger partial charge on any atom is -0.493 e. The van der Waals surface area contributed by atoms with Crippen molar-refractivity contribution in [3.63, 3.8) is 0 Å². The number of methoxy groups -OCH3 is 1. The Morgan fingerprint density at radius 3 is 2.59 bits per heavy atom. The van der Waals surface area contributed by atoms with Crippen LogP contribution >= 0.6 is 11.6 Å². The lowest BCUT2D eigenvalue weighted by molar-refractivity contribution is -0.123. The first-order valence-corrected chi connectivity index (χ1v) is 10.00. The zero-order valence-corrected chi connectivity index (χ0v) is 18.3. The number of carbonyl (C=O) groups is 2. The SMILES string of the molecule is COc1cc(C=NNC(=O)COc2cccc(C)c2)ccc1OC(=O)c1ccccc1Cl. The summed E-state index contributed by atoms with van der Waals surface area (Å²) in [4.78, 5) is 24.3. The number of hydrazone groups is 1. The van der Waals surface area contributed by atoms with E-state index in [2.05, 4.69) is 10.5 Å². The number of nitrogens with zero attached hydrogens (tertiary/aromatic N) is 1. The maximum atomic E-state index is 12.4. The molecule has 8 heteroatoms. The molecule has 3 rings (SSSR count). The molecule has 0 fully saturated rings. The van der Waals surface area contributed by atoms with Gasteiger partial charge in [-0.25, -0.2) is 10.2 Å². The van der Waals surface area contributed by atoms with E-state index in [1.54, 1.807) is 48.5 Å². The summed E-state index contributed by atoms with van der Waals surface area (Å²) in [5.41, 5.74) is 4.30. The Labute approximate surface area is 190 Å². The Balaban J connectivity index is 1.58. The summed E-state index contributed by atoms with van der Waals surface area (Å²) in [6.45, 7) is 1.77. The third kappa shape index (κ3) is 6.33. The largest absolute Gasteiger partial charge is 0.493 e. The number of nitrogens with one attached hydrogen (secondary N) is 1. The summed E-state index contributed by atoms with van der Waals surface area (Å²) < 4.78 is 16.1. The minimum absolute atomic E-state index is 0.166. The lowest BCUT2D eigenvalue weighted by atomic mass is 10.2. The molecule has 0 saturated carbocycles. The monoisotopic (exact) mass is 452 g/mol. The van der Waals surface area contributed by atoms with Crippen LogP contribution in [-0.2, 0) is 4.79 Å². The van der Waals surface area contributed by atoms with Crippen molar-refractivity contribution in [1.29, 1.82) is 0 Å². The van der Waals surface area contributed by atoms with Crippen LogP contribution in [0.5, 0.6) is 17.2 Å².